The Balaban J connectivity index is 1.47. The number of rotatable bonds is 10. The normalized spacial score (nSPS) is 11.1. The van der Waals surface area contributed by atoms with Crippen LogP contribution in [0.15, 0.2) is 72.8 Å². The number of hydrogen-bond donors (Lipinski definition) is 0. The van der Waals surface area contributed by atoms with Gasteiger partial charge < -0.3 is 4.74 Å². The highest BCUT2D eigenvalue weighted by atomic mass is 19.2. The molecule has 4 aromatic carbocycles. The number of benzene rings is 4. The maximum absolute atomic E-state index is 15.0. The van der Waals surface area contributed by atoms with Gasteiger partial charge in [-0.2, -0.15) is 4.39 Å². The van der Waals surface area contributed by atoms with E-state index in [4.69, 9.17) is 4.74 Å². The Kier molecular flexibility index (Phi) is 8.65. The van der Waals surface area contributed by atoms with E-state index in [0.29, 0.717) is 28.7 Å². The molecule has 192 valence electrons. The minimum atomic E-state index is -0.997. The van der Waals surface area contributed by atoms with Crippen molar-refractivity contribution in [3.05, 3.63) is 113 Å². The van der Waals surface area contributed by atoms with E-state index in [2.05, 4.69) is 6.92 Å². The Morgan fingerprint density at radius 2 is 1.11 bits per heavy atom. The van der Waals surface area contributed by atoms with Crippen molar-refractivity contribution in [2.45, 2.75) is 52.6 Å². The van der Waals surface area contributed by atoms with Crippen molar-refractivity contribution in [2.75, 3.05) is 0 Å². The lowest BCUT2D eigenvalue weighted by Gasteiger charge is -2.12. The van der Waals surface area contributed by atoms with Gasteiger partial charge in [-0.1, -0.05) is 93.4 Å². The molecule has 5 heteroatoms. The molecule has 0 spiro atoms. The van der Waals surface area contributed by atoms with Crippen LogP contribution >= 0.6 is 0 Å². The molecule has 0 amide bonds. The van der Waals surface area contributed by atoms with Crippen LogP contribution in [0.25, 0.3) is 22.3 Å². The molecule has 0 saturated carbocycles. The van der Waals surface area contributed by atoms with Crippen LogP contribution in [0.1, 0.15) is 49.8 Å². The second kappa shape index (κ2) is 12.1. The van der Waals surface area contributed by atoms with Crippen LogP contribution < -0.4 is 4.74 Å². The van der Waals surface area contributed by atoms with E-state index in [-0.39, 0.29) is 23.5 Å². The maximum atomic E-state index is 15.0. The van der Waals surface area contributed by atoms with Crippen LogP contribution in [0, 0.1) is 23.3 Å². The molecule has 0 unspecified atom stereocenters. The van der Waals surface area contributed by atoms with Gasteiger partial charge in [0.15, 0.2) is 23.2 Å². The van der Waals surface area contributed by atoms with Gasteiger partial charge in [0.25, 0.3) is 0 Å². The first kappa shape index (κ1) is 26.5. The van der Waals surface area contributed by atoms with Crippen LogP contribution in [0.4, 0.5) is 17.6 Å². The third kappa shape index (κ3) is 6.04. The van der Waals surface area contributed by atoms with E-state index in [9.17, 15) is 13.2 Å². The molecule has 0 aliphatic carbocycles. The monoisotopic (exact) mass is 506 g/mol. The van der Waals surface area contributed by atoms with Crippen LogP contribution in [0.2, 0.25) is 0 Å². The van der Waals surface area contributed by atoms with Crippen molar-refractivity contribution < 1.29 is 22.3 Å². The molecular formula is C32H30F4O. The summed E-state index contributed by atoms with van der Waals surface area (Å²) in [6, 6.07) is 20.3. The highest BCUT2D eigenvalue weighted by molar-refractivity contribution is 5.72. The summed E-state index contributed by atoms with van der Waals surface area (Å²) in [7, 11) is 0. The van der Waals surface area contributed by atoms with Gasteiger partial charge in [-0.3, -0.25) is 0 Å². The van der Waals surface area contributed by atoms with Crippen molar-refractivity contribution >= 4 is 0 Å². The lowest BCUT2D eigenvalue weighted by atomic mass is 9.97. The van der Waals surface area contributed by atoms with Gasteiger partial charge >= 0.3 is 0 Å². The Hall–Kier alpha value is -3.60. The zero-order valence-electron chi connectivity index (χ0n) is 21.1. The third-order valence-corrected chi connectivity index (χ3v) is 6.47. The first-order valence-electron chi connectivity index (χ1n) is 12.7. The second-order valence-electron chi connectivity index (χ2n) is 9.18. The minimum absolute atomic E-state index is 0.00868. The molecule has 0 atom stereocenters. The van der Waals surface area contributed by atoms with Gasteiger partial charge in [-0.25, -0.2) is 13.2 Å². The molecule has 0 N–H and O–H groups in total. The standard InChI is InChI=1S/C32H30F4O/c1-3-5-7-25-16-19-28(32(36)29(25)33)37-20-22-10-14-24(15-11-22)27-18-17-26(30(34)31(27)35)23-12-8-21(6-4-2)9-13-23/h8-19H,3-7,20H2,1-2H3. The molecule has 37 heavy (non-hydrogen) atoms. The molecule has 1 nitrogen and oxygen atoms in total. The van der Waals surface area contributed by atoms with Gasteiger partial charge in [0, 0.05) is 11.1 Å². The fourth-order valence-electron chi connectivity index (χ4n) is 4.32. The Morgan fingerprint density at radius 1 is 0.541 bits per heavy atom. The van der Waals surface area contributed by atoms with Crippen molar-refractivity contribution in [3.8, 4) is 28.0 Å². The van der Waals surface area contributed by atoms with Crippen LogP contribution in [-0.2, 0) is 19.4 Å². The Morgan fingerprint density at radius 3 is 1.65 bits per heavy atom. The fraction of sp³-hybridized carbons (Fsp3) is 0.250. The van der Waals surface area contributed by atoms with Gasteiger partial charge in [0.05, 0.1) is 0 Å². The third-order valence-electron chi connectivity index (χ3n) is 6.47. The summed E-state index contributed by atoms with van der Waals surface area (Å²) < 4.78 is 64.2. The van der Waals surface area contributed by atoms with Gasteiger partial charge in [-0.05, 0) is 53.1 Å². The van der Waals surface area contributed by atoms with E-state index in [1.165, 1.54) is 6.07 Å². The summed E-state index contributed by atoms with van der Waals surface area (Å²) >= 11 is 0. The molecule has 4 rings (SSSR count). The molecule has 0 heterocycles. The van der Waals surface area contributed by atoms with Crippen molar-refractivity contribution in [1.82, 2.24) is 0 Å². The van der Waals surface area contributed by atoms with E-state index >= 15 is 4.39 Å². The molecular weight excluding hydrogens is 476 g/mol. The zero-order chi connectivity index (χ0) is 26.4. The highest BCUT2D eigenvalue weighted by Gasteiger charge is 2.17. The second-order valence-corrected chi connectivity index (χ2v) is 9.18. The van der Waals surface area contributed by atoms with Crippen LogP contribution in [0.3, 0.4) is 0 Å². The summed E-state index contributed by atoms with van der Waals surface area (Å²) in [5, 5.41) is 0. The molecule has 0 aliphatic rings. The van der Waals surface area contributed by atoms with Crippen LogP contribution in [-0.4, -0.2) is 0 Å². The Labute approximate surface area is 215 Å². The van der Waals surface area contributed by atoms with Crippen molar-refractivity contribution in [2.24, 2.45) is 0 Å². The molecule has 0 fully saturated rings. The first-order chi connectivity index (χ1) is 17.9. The number of ether oxygens (including phenoxy) is 1. The van der Waals surface area contributed by atoms with E-state index in [0.717, 1.165) is 31.2 Å². The lowest BCUT2D eigenvalue weighted by molar-refractivity contribution is 0.284. The summed E-state index contributed by atoms with van der Waals surface area (Å²) in [6.45, 7) is 4.09. The van der Waals surface area contributed by atoms with Crippen molar-refractivity contribution in [1.29, 1.82) is 0 Å². The number of unbranched alkanes of at least 4 members (excludes halogenated alkanes) is 1. The molecule has 0 aliphatic heterocycles. The molecule has 0 aromatic heterocycles. The minimum Gasteiger partial charge on any atom is -0.486 e. The summed E-state index contributed by atoms with van der Waals surface area (Å²) in [6.07, 6.45) is 4.10. The van der Waals surface area contributed by atoms with Gasteiger partial charge in [0.1, 0.15) is 6.61 Å². The Bertz CT molecular complexity index is 1350. The van der Waals surface area contributed by atoms with Gasteiger partial charge in [-0.15, -0.1) is 0 Å². The molecule has 0 radical (unpaired) electrons. The van der Waals surface area contributed by atoms with E-state index in [1.54, 1.807) is 42.5 Å². The molecule has 0 bridgehead atoms. The first-order valence-corrected chi connectivity index (χ1v) is 12.7. The smallest absolute Gasteiger partial charge is 0.200 e. The zero-order valence-corrected chi connectivity index (χ0v) is 21.1. The number of hydrogen-bond acceptors (Lipinski definition) is 1. The topological polar surface area (TPSA) is 9.23 Å². The number of halogens is 4. The van der Waals surface area contributed by atoms with Gasteiger partial charge in [0.2, 0.25) is 5.82 Å². The maximum Gasteiger partial charge on any atom is 0.200 e. The predicted octanol–water partition coefficient (Wildman–Crippen LogP) is 9.45. The average Bonchev–Trinajstić information content (AvgIpc) is 2.92. The number of aryl methyl sites for hydroxylation is 2. The SMILES string of the molecule is CCCCc1ccc(OCc2ccc(-c3ccc(-c4ccc(CCC)cc4)c(F)c3F)cc2)c(F)c1F. The summed E-state index contributed by atoms with van der Waals surface area (Å²) in [5.41, 5.74) is 3.66. The quantitative estimate of drug-likeness (QED) is 0.195. The van der Waals surface area contributed by atoms with E-state index in [1.807, 2.05) is 31.2 Å². The van der Waals surface area contributed by atoms with Crippen LogP contribution in [0.5, 0.6) is 5.75 Å². The summed E-state index contributed by atoms with van der Waals surface area (Å²) in [5.74, 6) is -3.84. The fourth-order valence-corrected chi connectivity index (χ4v) is 4.32. The summed E-state index contributed by atoms with van der Waals surface area (Å²) in [4.78, 5) is 0. The highest BCUT2D eigenvalue weighted by Crippen LogP contribution is 2.32. The molecule has 4 aromatic rings. The van der Waals surface area contributed by atoms with Crippen molar-refractivity contribution in [3.63, 3.8) is 0 Å². The average molecular weight is 507 g/mol. The lowest BCUT2D eigenvalue weighted by Crippen LogP contribution is -2.02. The molecule has 0 saturated heterocycles. The van der Waals surface area contributed by atoms with E-state index < -0.39 is 23.3 Å². The largest absolute Gasteiger partial charge is 0.486 e. The predicted molar refractivity (Wildman–Crippen MR) is 141 cm³/mol.